The van der Waals surface area contributed by atoms with Gasteiger partial charge in [0.1, 0.15) is 0 Å². The first kappa shape index (κ1) is 25.7. The monoisotopic (exact) mass is 520 g/mol. The summed E-state index contributed by atoms with van der Waals surface area (Å²) >= 11 is 0. The number of alkyl halides is 3. The lowest BCUT2D eigenvalue weighted by Gasteiger charge is -2.27. The van der Waals surface area contributed by atoms with Crippen LogP contribution >= 0.6 is 0 Å². The van der Waals surface area contributed by atoms with E-state index in [4.69, 9.17) is 4.74 Å². The lowest BCUT2D eigenvalue weighted by molar-refractivity contribution is -0.137. The molecular weight excluding hydrogens is 493 g/mol. The highest BCUT2D eigenvalue weighted by molar-refractivity contribution is 5.92. The number of benzene rings is 3. The van der Waals surface area contributed by atoms with Crippen molar-refractivity contribution < 1.29 is 22.7 Å². The van der Waals surface area contributed by atoms with Gasteiger partial charge in [0, 0.05) is 31.0 Å². The summed E-state index contributed by atoms with van der Waals surface area (Å²) in [5, 5.41) is 3.05. The molecule has 0 radical (unpaired) electrons. The van der Waals surface area contributed by atoms with E-state index in [2.05, 4.69) is 5.32 Å². The van der Waals surface area contributed by atoms with Gasteiger partial charge in [0.15, 0.2) is 0 Å². The van der Waals surface area contributed by atoms with Gasteiger partial charge in [0.05, 0.1) is 24.5 Å². The van der Waals surface area contributed by atoms with E-state index >= 15 is 0 Å². The summed E-state index contributed by atoms with van der Waals surface area (Å²) in [4.78, 5) is 25.6. The number of fused-ring (bicyclic) bond motifs is 4. The first-order valence-electron chi connectivity index (χ1n) is 12.5. The van der Waals surface area contributed by atoms with Gasteiger partial charge >= 0.3 is 6.18 Å². The number of aromatic nitrogens is 1. The minimum Gasteiger partial charge on any atom is -0.372 e. The van der Waals surface area contributed by atoms with Crippen molar-refractivity contribution in [2.75, 3.05) is 7.05 Å². The Morgan fingerprint density at radius 3 is 2.47 bits per heavy atom. The van der Waals surface area contributed by atoms with Crippen molar-refractivity contribution in [3.8, 4) is 11.3 Å². The second kappa shape index (κ2) is 10.5. The fourth-order valence-corrected chi connectivity index (χ4v) is 5.08. The van der Waals surface area contributed by atoms with E-state index in [0.717, 1.165) is 34.4 Å². The zero-order chi connectivity index (χ0) is 26.9. The maximum Gasteiger partial charge on any atom is 0.416 e. The minimum absolute atomic E-state index is 0.0151. The number of ether oxygens (including phenoxy) is 1. The van der Waals surface area contributed by atoms with Gasteiger partial charge in [-0.15, -0.1) is 0 Å². The van der Waals surface area contributed by atoms with Crippen LogP contribution in [0.1, 0.15) is 34.2 Å². The molecule has 4 aromatic rings. The van der Waals surface area contributed by atoms with Gasteiger partial charge in [0.25, 0.3) is 5.56 Å². The number of amides is 1. The molecule has 2 heterocycles. The molecule has 0 unspecified atom stereocenters. The lowest BCUT2D eigenvalue weighted by atomic mass is 9.88. The molecule has 3 aromatic carbocycles. The average Bonchev–Trinajstić information content (AvgIpc) is 2.92. The zero-order valence-corrected chi connectivity index (χ0v) is 20.9. The van der Waals surface area contributed by atoms with Gasteiger partial charge in [-0.05, 0) is 58.7 Å². The van der Waals surface area contributed by atoms with E-state index in [1.165, 1.54) is 13.1 Å². The molecule has 5 nitrogen and oxygen atoms in total. The molecule has 8 heteroatoms. The Labute approximate surface area is 217 Å². The molecule has 38 heavy (non-hydrogen) atoms. The van der Waals surface area contributed by atoms with Crippen LogP contribution in [-0.4, -0.2) is 17.5 Å². The molecule has 1 aromatic heterocycles. The van der Waals surface area contributed by atoms with Gasteiger partial charge in [-0.1, -0.05) is 48.5 Å². The van der Waals surface area contributed by atoms with Crippen molar-refractivity contribution in [1.29, 1.82) is 0 Å². The van der Waals surface area contributed by atoms with Crippen molar-refractivity contribution in [2.45, 2.75) is 45.2 Å². The highest BCUT2D eigenvalue weighted by Gasteiger charge is 2.32. The third-order valence-electron chi connectivity index (χ3n) is 7.00. The van der Waals surface area contributed by atoms with Gasteiger partial charge in [0.2, 0.25) is 5.91 Å². The molecule has 0 saturated carbocycles. The number of hydrogen-bond acceptors (Lipinski definition) is 3. The van der Waals surface area contributed by atoms with E-state index in [1.807, 2.05) is 48.5 Å². The lowest BCUT2D eigenvalue weighted by Crippen LogP contribution is -2.29. The molecule has 0 bridgehead atoms. The number of aryl methyl sites for hydroxylation is 2. The number of carbonyl (C=O) groups is 1. The van der Waals surface area contributed by atoms with Crippen molar-refractivity contribution in [3.63, 3.8) is 0 Å². The molecule has 196 valence electrons. The zero-order valence-electron chi connectivity index (χ0n) is 20.9. The van der Waals surface area contributed by atoms with Crippen LogP contribution in [0.15, 0.2) is 71.5 Å². The molecule has 0 atom stereocenters. The molecule has 0 aliphatic carbocycles. The third-order valence-corrected chi connectivity index (χ3v) is 7.00. The maximum absolute atomic E-state index is 13.5. The number of hydrogen-bond donors (Lipinski definition) is 1. The Hall–Kier alpha value is -3.91. The highest BCUT2D eigenvalue weighted by Crippen LogP contribution is 2.38. The summed E-state index contributed by atoms with van der Waals surface area (Å²) in [6.07, 6.45) is -3.56. The number of pyridine rings is 1. The summed E-state index contributed by atoms with van der Waals surface area (Å²) in [5.74, 6) is -0.186. The molecule has 1 N–H and O–H groups in total. The predicted molar refractivity (Wildman–Crippen MR) is 140 cm³/mol. The molecule has 0 fully saturated rings. The normalized spacial score (nSPS) is 12.7. The SMILES string of the molecule is CNC(=O)CCc1c2n(c(=O)c3cc(C(F)(F)F)ccc13)CCc1ccc(COCc3ccccc3)cc1-2. The topological polar surface area (TPSA) is 60.3 Å². The third kappa shape index (κ3) is 5.09. The van der Waals surface area contributed by atoms with Crippen molar-refractivity contribution >= 4 is 16.7 Å². The van der Waals surface area contributed by atoms with Crippen LogP contribution in [0.3, 0.4) is 0 Å². The Kier molecular flexibility index (Phi) is 7.08. The van der Waals surface area contributed by atoms with E-state index in [-0.39, 0.29) is 24.1 Å². The standard InChI is InChI=1S/C30H27F3N2O3/c1-34-27(36)12-11-24-23-10-9-22(30(31,32)33)16-26(23)29(37)35-14-13-21-8-7-20(15-25(21)28(24)35)18-38-17-19-5-3-2-4-6-19/h2-10,15-16H,11-14,17-18H2,1H3,(H,34,36). The molecule has 1 aliphatic heterocycles. The van der Waals surface area contributed by atoms with E-state index in [9.17, 15) is 22.8 Å². The van der Waals surface area contributed by atoms with Crippen molar-refractivity contribution in [2.24, 2.45) is 0 Å². The van der Waals surface area contributed by atoms with E-state index < -0.39 is 17.3 Å². The first-order valence-corrected chi connectivity index (χ1v) is 12.5. The van der Waals surface area contributed by atoms with Crippen LogP contribution < -0.4 is 10.9 Å². The number of rotatable bonds is 7. The fraction of sp³-hybridized carbons (Fsp3) is 0.267. The first-order chi connectivity index (χ1) is 18.3. The Bertz CT molecular complexity index is 1560. The van der Waals surface area contributed by atoms with Crippen LogP contribution in [0.25, 0.3) is 22.0 Å². The highest BCUT2D eigenvalue weighted by atomic mass is 19.4. The van der Waals surface area contributed by atoms with Gasteiger partial charge < -0.3 is 14.6 Å². The smallest absolute Gasteiger partial charge is 0.372 e. The van der Waals surface area contributed by atoms with Gasteiger partial charge in [-0.3, -0.25) is 9.59 Å². The minimum atomic E-state index is -4.56. The molecule has 1 amide bonds. The summed E-state index contributed by atoms with van der Waals surface area (Å²) in [6.45, 7) is 1.17. The number of halogens is 3. The Morgan fingerprint density at radius 1 is 0.974 bits per heavy atom. The second-order valence-electron chi connectivity index (χ2n) is 9.44. The fourth-order valence-electron chi connectivity index (χ4n) is 5.08. The van der Waals surface area contributed by atoms with Crippen LogP contribution in [0.4, 0.5) is 13.2 Å². The number of nitrogens with zero attached hydrogens (tertiary/aromatic N) is 1. The number of nitrogens with one attached hydrogen (secondary N) is 1. The number of carbonyl (C=O) groups excluding carboxylic acids is 1. The molecule has 0 saturated heterocycles. The van der Waals surface area contributed by atoms with Crippen LogP contribution in [-0.2, 0) is 48.3 Å². The van der Waals surface area contributed by atoms with Gasteiger partial charge in [-0.2, -0.15) is 13.2 Å². The average molecular weight is 521 g/mol. The largest absolute Gasteiger partial charge is 0.416 e. The molecule has 1 aliphatic rings. The summed E-state index contributed by atoms with van der Waals surface area (Å²) in [7, 11) is 1.54. The van der Waals surface area contributed by atoms with Crippen LogP contribution in [0, 0.1) is 0 Å². The van der Waals surface area contributed by atoms with Crippen molar-refractivity contribution in [1.82, 2.24) is 9.88 Å². The predicted octanol–water partition coefficient (Wildman–Crippen LogP) is 5.64. The summed E-state index contributed by atoms with van der Waals surface area (Å²) in [5.41, 5.74) is 3.91. The molecular formula is C30H27F3N2O3. The van der Waals surface area contributed by atoms with Gasteiger partial charge in [-0.25, -0.2) is 0 Å². The Balaban J connectivity index is 1.60. The summed E-state index contributed by atoms with van der Waals surface area (Å²) in [6, 6.07) is 19.1. The molecule has 0 spiro atoms. The van der Waals surface area contributed by atoms with E-state index in [0.29, 0.717) is 42.8 Å². The quantitative estimate of drug-likeness (QED) is 0.343. The molecule has 5 rings (SSSR count). The van der Waals surface area contributed by atoms with Crippen molar-refractivity contribution in [3.05, 3.63) is 105 Å². The second-order valence-corrected chi connectivity index (χ2v) is 9.44. The Morgan fingerprint density at radius 2 is 1.74 bits per heavy atom. The maximum atomic E-state index is 13.5. The summed E-state index contributed by atoms with van der Waals surface area (Å²) < 4.78 is 47.9. The van der Waals surface area contributed by atoms with Crippen LogP contribution in [0.5, 0.6) is 0 Å². The van der Waals surface area contributed by atoms with E-state index in [1.54, 1.807) is 4.57 Å². The van der Waals surface area contributed by atoms with Crippen LogP contribution in [0.2, 0.25) is 0 Å².